The number of benzene rings is 1. The fraction of sp³-hybridized carbons (Fsp3) is 0.542. The van der Waals surface area contributed by atoms with Crippen LogP contribution in [0.15, 0.2) is 24.3 Å². The predicted octanol–water partition coefficient (Wildman–Crippen LogP) is 2.66. The minimum Gasteiger partial charge on any atom is -0.396 e. The summed E-state index contributed by atoms with van der Waals surface area (Å²) < 4.78 is 11.8. The van der Waals surface area contributed by atoms with Crippen molar-refractivity contribution in [1.82, 2.24) is 15.3 Å². The summed E-state index contributed by atoms with van der Waals surface area (Å²) in [6.45, 7) is 9.03. The number of fused-ring (bicyclic) bond motifs is 1. The largest absolute Gasteiger partial charge is 0.396 e. The van der Waals surface area contributed by atoms with Crippen molar-refractivity contribution in [3.05, 3.63) is 35.5 Å². The van der Waals surface area contributed by atoms with Crippen molar-refractivity contribution in [2.45, 2.75) is 45.4 Å². The summed E-state index contributed by atoms with van der Waals surface area (Å²) in [4.78, 5) is 25.9. The third kappa shape index (κ3) is 4.53. The number of carbonyl (C=O) groups is 1. The lowest BCUT2D eigenvalue weighted by Gasteiger charge is -2.35. The third-order valence-electron chi connectivity index (χ3n) is 6.40. The number of rotatable bonds is 6. The number of hydrogen-bond donors (Lipinski definition) is 2. The molecular formula is C24H33N5O4. The fourth-order valence-electron chi connectivity index (χ4n) is 4.38. The molecule has 2 N–H and O–H groups in total. The number of aliphatic hydroxyl groups excluding tert-OH is 1. The van der Waals surface area contributed by atoms with Crippen molar-refractivity contribution in [3.8, 4) is 11.4 Å². The van der Waals surface area contributed by atoms with Gasteiger partial charge in [0.05, 0.1) is 31.6 Å². The van der Waals surface area contributed by atoms with E-state index in [1.165, 1.54) is 0 Å². The molecule has 9 heteroatoms. The first kappa shape index (κ1) is 23.4. The highest BCUT2D eigenvalue weighted by molar-refractivity contribution is 5.91. The van der Waals surface area contributed by atoms with Gasteiger partial charge >= 0.3 is 6.03 Å². The molecule has 0 aliphatic carbocycles. The lowest BCUT2D eigenvalue weighted by atomic mass is 9.96. The maximum atomic E-state index is 12.1. The van der Waals surface area contributed by atoms with E-state index in [0.717, 1.165) is 34.9 Å². The van der Waals surface area contributed by atoms with Gasteiger partial charge in [0.2, 0.25) is 0 Å². The van der Waals surface area contributed by atoms with Crippen molar-refractivity contribution < 1.29 is 19.4 Å². The van der Waals surface area contributed by atoms with E-state index in [9.17, 15) is 9.90 Å². The number of aromatic nitrogens is 2. The molecule has 2 atom stereocenters. The normalized spacial score (nSPS) is 22.2. The number of aliphatic hydroxyl groups is 1. The Bertz CT molecular complexity index is 999. The molecule has 0 bridgehead atoms. The molecule has 2 aliphatic heterocycles. The van der Waals surface area contributed by atoms with E-state index in [1.54, 1.807) is 11.9 Å². The Hall–Kier alpha value is -2.75. The lowest BCUT2D eigenvalue weighted by molar-refractivity contribution is -0.0410. The molecule has 2 unspecified atom stereocenters. The monoisotopic (exact) mass is 455 g/mol. The molecule has 2 aliphatic rings. The summed E-state index contributed by atoms with van der Waals surface area (Å²) in [5.74, 6) is 1.47. The van der Waals surface area contributed by atoms with Crippen LogP contribution in [-0.2, 0) is 21.7 Å². The number of amides is 2. The Morgan fingerprint density at radius 1 is 1.33 bits per heavy atom. The number of hydrogen-bond acceptors (Lipinski definition) is 7. The summed E-state index contributed by atoms with van der Waals surface area (Å²) in [6, 6.07) is 7.67. The van der Waals surface area contributed by atoms with Crippen molar-refractivity contribution >= 4 is 17.5 Å². The van der Waals surface area contributed by atoms with Gasteiger partial charge in [0.25, 0.3) is 0 Å². The highest BCUT2D eigenvalue weighted by Crippen LogP contribution is 2.42. The summed E-state index contributed by atoms with van der Waals surface area (Å²) in [7, 11) is 1.74. The Morgan fingerprint density at radius 3 is 2.76 bits per heavy atom. The third-order valence-corrected chi connectivity index (χ3v) is 6.40. The van der Waals surface area contributed by atoms with Crippen LogP contribution in [0.25, 0.3) is 11.4 Å². The van der Waals surface area contributed by atoms with Crippen molar-refractivity contribution in [3.63, 3.8) is 0 Å². The van der Waals surface area contributed by atoms with Gasteiger partial charge in [-0.15, -0.1) is 0 Å². The molecule has 2 aromatic rings. The molecule has 0 radical (unpaired) electrons. The molecule has 178 valence electrons. The Labute approximate surface area is 194 Å². The predicted molar refractivity (Wildman–Crippen MR) is 126 cm³/mol. The number of anilines is 2. The molecule has 4 rings (SSSR count). The van der Waals surface area contributed by atoms with E-state index in [2.05, 4.69) is 17.1 Å². The molecule has 2 amide bonds. The average molecular weight is 456 g/mol. The molecule has 1 fully saturated rings. The van der Waals surface area contributed by atoms with Crippen LogP contribution >= 0.6 is 0 Å². The minimum absolute atomic E-state index is 0.0133. The van der Waals surface area contributed by atoms with Crippen LogP contribution < -0.4 is 15.1 Å². The number of urea groups is 1. The van der Waals surface area contributed by atoms with Gasteiger partial charge in [0.15, 0.2) is 5.82 Å². The van der Waals surface area contributed by atoms with Crippen LogP contribution in [0.2, 0.25) is 0 Å². The standard InChI is InChI=1S/C24H33N5O4/c1-5-25-23(31)28(4)18-8-6-17(7-9-18)21-26-20-19(15-33-24(20,3)10-12-30)22(27-21)29-11-13-32-14-16(29)2/h6-9,16,30H,5,10-15H2,1-4H3,(H,25,31). The smallest absolute Gasteiger partial charge is 0.321 e. The van der Waals surface area contributed by atoms with E-state index in [-0.39, 0.29) is 18.7 Å². The fourth-order valence-corrected chi connectivity index (χ4v) is 4.38. The van der Waals surface area contributed by atoms with Gasteiger partial charge in [0, 0.05) is 50.0 Å². The second kappa shape index (κ2) is 9.62. The van der Waals surface area contributed by atoms with E-state index < -0.39 is 5.60 Å². The molecule has 1 aromatic heterocycles. The molecule has 1 saturated heterocycles. The van der Waals surface area contributed by atoms with Crippen molar-refractivity contribution in [2.75, 3.05) is 49.8 Å². The minimum atomic E-state index is -0.662. The molecule has 0 spiro atoms. The quantitative estimate of drug-likeness (QED) is 0.691. The maximum Gasteiger partial charge on any atom is 0.321 e. The number of ether oxygens (including phenoxy) is 2. The van der Waals surface area contributed by atoms with Gasteiger partial charge < -0.3 is 24.8 Å². The molecule has 9 nitrogen and oxygen atoms in total. The maximum absolute atomic E-state index is 12.1. The Morgan fingerprint density at radius 2 is 2.09 bits per heavy atom. The van der Waals surface area contributed by atoms with E-state index in [0.29, 0.717) is 38.6 Å². The van der Waals surface area contributed by atoms with Crippen molar-refractivity contribution in [2.24, 2.45) is 0 Å². The van der Waals surface area contributed by atoms with Gasteiger partial charge in [-0.3, -0.25) is 4.90 Å². The van der Waals surface area contributed by atoms with Crippen LogP contribution in [0.1, 0.15) is 38.4 Å². The summed E-state index contributed by atoms with van der Waals surface area (Å²) in [5.41, 5.74) is 2.78. The number of carbonyl (C=O) groups excluding carboxylic acids is 1. The average Bonchev–Trinajstić information content (AvgIpc) is 3.15. The number of morpholine rings is 1. The molecule has 3 heterocycles. The van der Waals surface area contributed by atoms with Gasteiger partial charge in [-0.25, -0.2) is 14.8 Å². The molecule has 33 heavy (non-hydrogen) atoms. The number of nitrogens with zero attached hydrogens (tertiary/aromatic N) is 4. The van der Waals surface area contributed by atoms with Crippen LogP contribution in [0.3, 0.4) is 0 Å². The number of nitrogens with one attached hydrogen (secondary N) is 1. The first-order valence-corrected chi connectivity index (χ1v) is 11.5. The van der Waals surface area contributed by atoms with Crippen molar-refractivity contribution in [1.29, 1.82) is 0 Å². The zero-order valence-corrected chi connectivity index (χ0v) is 19.8. The Kier molecular flexibility index (Phi) is 6.83. The van der Waals surface area contributed by atoms with Gasteiger partial charge in [-0.2, -0.15) is 0 Å². The van der Waals surface area contributed by atoms with Crippen LogP contribution in [0, 0.1) is 0 Å². The van der Waals surface area contributed by atoms with Gasteiger partial charge in [-0.05, 0) is 45.0 Å². The SMILES string of the molecule is CCNC(=O)N(C)c1ccc(-c2nc(N3CCOCC3C)c3c(n2)C(C)(CCO)OC3)cc1. The van der Waals surface area contributed by atoms with E-state index >= 15 is 0 Å². The topological polar surface area (TPSA) is 100 Å². The summed E-state index contributed by atoms with van der Waals surface area (Å²) in [6.07, 6.45) is 0.463. The summed E-state index contributed by atoms with van der Waals surface area (Å²) >= 11 is 0. The first-order chi connectivity index (χ1) is 15.9. The van der Waals surface area contributed by atoms with E-state index in [1.807, 2.05) is 38.1 Å². The van der Waals surface area contributed by atoms with Gasteiger partial charge in [0.1, 0.15) is 11.4 Å². The second-order valence-corrected chi connectivity index (χ2v) is 8.75. The Balaban J connectivity index is 1.74. The first-order valence-electron chi connectivity index (χ1n) is 11.5. The van der Waals surface area contributed by atoms with Crippen LogP contribution in [0.4, 0.5) is 16.3 Å². The molecular weight excluding hydrogens is 422 g/mol. The van der Waals surface area contributed by atoms with E-state index in [4.69, 9.17) is 19.4 Å². The lowest BCUT2D eigenvalue weighted by Crippen LogP contribution is -2.44. The van der Waals surface area contributed by atoms with Crippen LogP contribution in [-0.4, -0.2) is 67.1 Å². The zero-order valence-electron chi connectivity index (χ0n) is 19.8. The molecule has 1 aromatic carbocycles. The van der Waals surface area contributed by atoms with Gasteiger partial charge in [-0.1, -0.05) is 0 Å². The summed E-state index contributed by atoms with van der Waals surface area (Å²) in [5, 5.41) is 12.4. The van der Waals surface area contributed by atoms with Crippen LogP contribution in [0.5, 0.6) is 0 Å². The molecule has 0 saturated carbocycles. The highest BCUT2D eigenvalue weighted by Gasteiger charge is 2.41. The second-order valence-electron chi connectivity index (χ2n) is 8.75. The highest BCUT2D eigenvalue weighted by atomic mass is 16.5. The zero-order chi connectivity index (χ0) is 23.6.